The Balaban J connectivity index is 0.000000730. The highest BCUT2D eigenvalue weighted by Gasteiger charge is 1.97. The average Bonchev–Trinajstić information content (AvgIpc) is 2.72. The maximum Gasteiger partial charge on any atom is 0.0384 e. The summed E-state index contributed by atoms with van der Waals surface area (Å²) < 4.78 is 0. The van der Waals surface area contributed by atoms with E-state index >= 15 is 0 Å². The molecule has 0 saturated heterocycles. The van der Waals surface area contributed by atoms with Crippen LogP contribution >= 0.6 is 0 Å². The minimum atomic E-state index is 1.00. The van der Waals surface area contributed by atoms with Gasteiger partial charge in [0.2, 0.25) is 0 Å². The molecule has 0 unspecified atom stereocenters. The molecule has 0 heterocycles. The summed E-state index contributed by atoms with van der Waals surface area (Å²) >= 11 is 0. The van der Waals surface area contributed by atoms with Gasteiger partial charge in [-0.1, -0.05) is 74.5 Å². The maximum atomic E-state index is 7.00. The van der Waals surface area contributed by atoms with Crippen molar-refractivity contribution in [1.29, 1.82) is 0 Å². The van der Waals surface area contributed by atoms with Crippen molar-refractivity contribution in [3.05, 3.63) is 96.1 Å². The highest BCUT2D eigenvalue weighted by Crippen LogP contribution is 2.17. The first-order chi connectivity index (χ1) is 12.4. The Morgan fingerprint density at radius 1 is 0.560 bits per heavy atom. The quantitative estimate of drug-likeness (QED) is 0.613. The predicted octanol–water partition coefficient (Wildman–Crippen LogP) is 5.85. The zero-order valence-electron chi connectivity index (χ0n) is 15.4. The summed E-state index contributed by atoms with van der Waals surface area (Å²) in [6.07, 6.45) is 2.17. The smallest absolute Gasteiger partial charge is 0.0384 e. The van der Waals surface area contributed by atoms with Gasteiger partial charge in [0.15, 0.2) is 0 Å². The molecule has 3 aromatic carbocycles. The number of hydrogen-bond acceptors (Lipinski definition) is 2. The zero-order chi connectivity index (χ0) is 18.3. The Hall–Kier alpha value is -2.58. The second kappa shape index (κ2) is 12.8. The standard InChI is InChI=1S/C20H19N.C2H6.CH4O/c1-3-7-17(8-4-1)11-12-18-13-15-20(16-14-18)21-19-9-5-2-6-10-19;2*1-2/h1-10,13-16,21H,11-12H2;1-2H3;2H,1H3. The SMILES string of the molecule is CC.CO.c1ccc(CCc2ccc(Nc3ccccc3)cc2)cc1. The summed E-state index contributed by atoms with van der Waals surface area (Å²) in [5.74, 6) is 0. The summed E-state index contributed by atoms with van der Waals surface area (Å²) in [7, 11) is 1.00. The minimum Gasteiger partial charge on any atom is -0.400 e. The molecule has 0 aliphatic carbocycles. The van der Waals surface area contributed by atoms with E-state index < -0.39 is 0 Å². The molecule has 0 fully saturated rings. The summed E-state index contributed by atoms with van der Waals surface area (Å²) in [5.41, 5.74) is 5.01. The number of benzene rings is 3. The van der Waals surface area contributed by atoms with Gasteiger partial charge in [-0.3, -0.25) is 0 Å². The lowest BCUT2D eigenvalue weighted by Gasteiger charge is -2.07. The van der Waals surface area contributed by atoms with Crippen LogP contribution < -0.4 is 5.32 Å². The third-order valence-electron chi connectivity index (χ3n) is 3.56. The largest absolute Gasteiger partial charge is 0.400 e. The number of aryl methyl sites for hydroxylation is 2. The Bertz CT molecular complexity index is 663. The Kier molecular flexibility index (Phi) is 10.5. The molecule has 0 aromatic heterocycles. The van der Waals surface area contributed by atoms with Crippen LogP contribution in [0.2, 0.25) is 0 Å². The molecule has 2 N–H and O–H groups in total. The van der Waals surface area contributed by atoms with E-state index in [9.17, 15) is 0 Å². The van der Waals surface area contributed by atoms with Crippen LogP contribution in [0.5, 0.6) is 0 Å². The minimum absolute atomic E-state index is 1.00. The lowest BCUT2D eigenvalue weighted by atomic mass is 10.0. The van der Waals surface area contributed by atoms with E-state index in [4.69, 9.17) is 5.11 Å². The highest BCUT2D eigenvalue weighted by atomic mass is 16.2. The fraction of sp³-hybridized carbons (Fsp3) is 0.217. The molecular weight excluding hydrogens is 306 g/mol. The van der Waals surface area contributed by atoms with Crippen molar-refractivity contribution in [1.82, 2.24) is 0 Å². The van der Waals surface area contributed by atoms with Gasteiger partial charge in [-0.2, -0.15) is 0 Å². The Labute approximate surface area is 152 Å². The van der Waals surface area contributed by atoms with E-state index in [1.165, 1.54) is 11.1 Å². The van der Waals surface area contributed by atoms with Gasteiger partial charge in [-0.15, -0.1) is 0 Å². The van der Waals surface area contributed by atoms with Crippen molar-refractivity contribution in [2.75, 3.05) is 12.4 Å². The van der Waals surface area contributed by atoms with Gasteiger partial charge >= 0.3 is 0 Å². The van der Waals surface area contributed by atoms with Crippen molar-refractivity contribution in [2.45, 2.75) is 26.7 Å². The maximum absolute atomic E-state index is 7.00. The van der Waals surface area contributed by atoms with Crippen LogP contribution in [0.25, 0.3) is 0 Å². The molecule has 0 saturated carbocycles. The summed E-state index contributed by atoms with van der Waals surface area (Å²) in [5, 5.41) is 10.4. The van der Waals surface area contributed by atoms with E-state index in [0.717, 1.165) is 31.3 Å². The summed E-state index contributed by atoms with van der Waals surface area (Å²) in [4.78, 5) is 0. The molecule has 3 aromatic rings. The van der Waals surface area contributed by atoms with Crippen LogP contribution in [0.15, 0.2) is 84.9 Å². The van der Waals surface area contributed by atoms with E-state index in [1.54, 1.807) is 0 Å². The molecular formula is C23H29NO. The zero-order valence-corrected chi connectivity index (χ0v) is 15.4. The first kappa shape index (κ1) is 20.5. The van der Waals surface area contributed by atoms with E-state index in [2.05, 4.69) is 72.0 Å². The molecule has 0 spiro atoms. The number of para-hydroxylation sites is 1. The molecule has 2 nitrogen and oxygen atoms in total. The average molecular weight is 335 g/mol. The number of anilines is 2. The van der Waals surface area contributed by atoms with Crippen molar-refractivity contribution in [3.63, 3.8) is 0 Å². The van der Waals surface area contributed by atoms with Gasteiger partial charge in [0.05, 0.1) is 0 Å². The second-order valence-electron chi connectivity index (χ2n) is 5.17. The van der Waals surface area contributed by atoms with Crippen molar-refractivity contribution >= 4 is 11.4 Å². The molecule has 0 bridgehead atoms. The third-order valence-corrected chi connectivity index (χ3v) is 3.56. The normalized spacial score (nSPS) is 9.12. The van der Waals surface area contributed by atoms with Crippen LogP contribution in [0.4, 0.5) is 11.4 Å². The van der Waals surface area contributed by atoms with E-state index in [1.807, 2.05) is 32.0 Å². The van der Waals surface area contributed by atoms with Gasteiger partial charge < -0.3 is 10.4 Å². The highest BCUT2D eigenvalue weighted by molar-refractivity contribution is 5.59. The van der Waals surface area contributed by atoms with E-state index in [-0.39, 0.29) is 0 Å². The molecule has 2 heteroatoms. The second-order valence-corrected chi connectivity index (χ2v) is 5.17. The fourth-order valence-electron chi connectivity index (χ4n) is 2.38. The number of hydrogen-bond donors (Lipinski definition) is 2. The molecule has 0 atom stereocenters. The molecule has 3 rings (SSSR count). The van der Waals surface area contributed by atoms with Crippen LogP contribution in [-0.4, -0.2) is 12.2 Å². The third kappa shape index (κ3) is 7.69. The fourth-order valence-corrected chi connectivity index (χ4v) is 2.38. The topological polar surface area (TPSA) is 32.3 Å². The molecule has 25 heavy (non-hydrogen) atoms. The lowest BCUT2D eigenvalue weighted by molar-refractivity contribution is 0.399. The first-order valence-electron chi connectivity index (χ1n) is 8.80. The predicted molar refractivity (Wildman–Crippen MR) is 110 cm³/mol. The van der Waals surface area contributed by atoms with Gasteiger partial charge in [0, 0.05) is 18.5 Å². The van der Waals surface area contributed by atoms with Gasteiger partial charge in [-0.25, -0.2) is 0 Å². The van der Waals surface area contributed by atoms with Crippen LogP contribution in [0, 0.1) is 0 Å². The van der Waals surface area contributed by atoms with Crippen molar-refractivity contribution < 1.29 is 5.11 Å². The van der Waals surface area contributed by atoms with Gasteiger partial charge in [0.1, 0.15) is 0 Å². The van der Waals surface area contributed by atoms with Gasteiger partial charge in [-0.05, 0) is 48.2 Å². The Morgan fingerprint density at radius 2 is 0.960 bits per heavy atom. The molecule has 132 valence electrons. The van der Waals surface area contributed by atoms with Crippen molar-refractivity contribution in [3.8, 4) is 0 Å². The van der Waals surface area contributed by atoms with Crippen LogP contribution in [-0.2, 0) is 12.8 Å². The molecule has 0 aliphatic rings. The molecule has 0 radical (unpaired) electrons. The number of aliphatic hydroxyl groups is 1. The monoisotopic (exact) mass is 335 g/mol. The van der Waals surface area contributed by atoms with Crippen LogP contribution in [0.3, 0.4) is 0 Å². The van der Waals surface area contributed by atoms with Crippen molar-refractivity contribution in [2.24, 2.45) is 0 Å². The first-order valence-corrected chi connectivity index (χ1v) is 8.80. The number of aliphatic hydroxyl groups excluding tert-OH is 1. The summed E-state index contributed by atoms with van der Waals surface area (Å²) in [6, 6.07) is 29.6. The van der Waals surface area contributed by atoms with Crippen LogP contribution in [0.1, 0.15) is 25.0 Å². The number of rotatable bonds is 5. The molecule has 0 aliphatic heterocycles. The summed E-state index contributed by atoms with van der Waals surface area (Å²) in [6.45, 7) is 4.00. The number of nitrogens with one attached hydrogen (secondary N) is 1. The molecule has 0 amide bonds. The van der Waals surface area contributed by atoms with Gasteiger partial charge in [0.25, 0.3) is 0 Å². The lowest BCUT2D eigenvalue weighted by Crippen LogP contribution is -1.93. The Morgan fingerprint density at radius 3 is 1.48 bits per heavy atom. The van der Waals surface area contributed by atoms with E-state index in [0.29, 0.717) is 0 Å².